The minimum absolute atomic E-state index is 0.0230. The number of benzene rings is 1. The summed E-state index contributed by atoms with van der Waals surface area (Å²) in [7, 11) is 1.60. The maximum absolute atomic E-state index is 12.2. The molecule has 2 rings (SSSR count). The molecule has 1 saturated heterocycles. The fraction of sp³-hybridized carbons (Fsp3) is 0.562. The summed E-state index contributed by atoms with van der Waals surface area (Å²) >= 11 is 3.38. The molecule has 1 aromatic carbocycles. The van der Waals surface area contributed by atoms with Crippen molar-refractivity contribution in [1.29, 1.82) is 0 Å². The van der Waals surface area contributed by atoms with Crippen molar-refractivity contribution in [2.45, 2.75) is 45.0 Å². The first-order chi connectivity index (χ1) is 9.99. The summed E-state index contributed by atoms with van der Waals surface area (Å²) in [6.45, 7) is 4.17. The van der Waals surface area contributed by atoms with Crippen LogP contribution >= 0.6 is 15.9 Å². The van der Waals surface area contributed by atoms with Gasteiger partial charge < -0.3 is 14.2 Å². The molecule has 21 heavy (non-hydrogen) atoms. The van der Waals surface area contributed by atoms with Gasteiger partial charge in [0.05, 0.1) is 29.9 Å². The number of carbonyl (C=O) groups is 1. The Bertz CT molecular complexity index is 493. The van der Waals surface area contributed by atoms with Crippen LogP contribution in [0.2, 0.25) is 0 Å². The van der Waals surface area contributed by atoms with E-state index in [1.807, 2.05) is 13.8 Å². The van der Waals surface area contributed by atoms with Crippen LogP contribution in [0.1, 0.15) is 37.0 Å². The molecule has 0 radical (unpaired) electrons. The molecule has 1 aliphatic heterocycles. The predicted octanol–water partition coefficient (Wildman–Crippen LogP) is 3.61. The minimum Gasteiger partial charge on any atom is -0.496 e. The Labute approximate surface area is 133 Å². The summed E-state index contributed by atoms with van der Waals surface area (Å²) in [5.74, 6) is 0.685. The van der Waals surface area contributed by atoms with Gasteiger partial charge in [0.1, 0.15) is 12.4 Å². The highest BCUT2D eigenvalue weighted by Gasteiger charge is 2.25. The molecule has 1 fully saturated rings. The van der Waals surface area contributed by atoms with Crippen LogP contribution in [0.25, 0.3) is 0 Å². The second-order valence-electron chi connectivity index (χ2n) is 5.43. The number of Topliss-reactive ketones (excluding diaryl/α,β-unsaturated/α-hetero) is 1. The van der Waals surface area contributed by atoms with Gasteiger partial charge in [-0.2, -0.15) is 0 Å². The van der Waals surface area contributed by atoms with Gasteiger partial charge in [-0.25, -0.2) is 0 Å². The molecule has 0 bridgehead atoms. The van der Waals surface area contributed by atoms with E-state index in [1.165, 1.54) is 0 Å². The van der Waals surface area contributed by atoms with Gasteiger partial charge in [-0.3, -0.25) is 4.79 Å². The molecule has 0 aromatic heterocycles. The molecule has 0 N–H and O–H groups in total. The van der Waals surface area contributed by atoms with E-state index in [4.69, 9.17) is 14.2 Å². The maximum Gasteiger partial charge on any atom is 0.188 e. The summed E-state index contributed by atoms with van der Waals surface area (Å²) in [6, 6.07) is 5.29. The van der Waals surface area contributed by atoms with Crippen LogP contribution in [0.5, 0.6) is 5.75 Å². The fourth-order valence-electron chi connectivity index (χ4n) is 2.60. The predicted molar refractivity (Wildman–Crippen MR) is 84.0 cm³/mol. The van der Waals surface area contributed by atoms with Crippen LogP contribution in [0.15, 0.2) is 22.7 Å². The molecule has 0 aliphatic carbocycles. The number of rotatable bonds is 5. The van der Waals surface area contributed by atoms with Gasteiger partial charge in [0.15, 0.2) is 5.78 Å². The largest absolute Gasteiger partial charge is 0.496 e. The van der Waals surface area contributed by atoms with Crippen LogP contribution in [-0.2, 0) is 9.47 Å². The number of ether oxygens (including phenoxy) is 3. The lowest BCUT2D eigenvalue weighted by Gasteiger charge is -2.31. The molecule has 5 heteroatoms. The second-order valence-corrected chi connectivity index (χ2v) is 6.29. The van der Waals surface area contributed by atoms with Crippen molar-refractivity contribution in [1.82, 2.24) is 0 Å². The number of hydrogen-bond acceptors (Lipinski definition) is 4. The van der Waals surface area contributed by atoms with E-state index in [0.29, 0.717) is 11.3 Å². The first-order valence-electron chi connectivity index (χ1n) is 7.13. The monoisotopic (exact) mass is 356 g/mol. The first kappa shape index (κ1) is 16.5. The standard InChI is InChI=1S/C16H21BrO4/c1-10-6-13(7-11(2)21-10)20-9-15(18)12-4-5-16(19-3)14(17)8-12/h4-5,8,10-11,13H,6-7,9H2,1-3H3. The van der Waals surface area contributed by atoms with Gasteiger partial charge in [-0.05, 0) is 60.8 Å². The molecule has 1 heterocycles. The van der Waals surface area contributed by atoms with Crippen LogP contribution < -0.4 is 4.74 Å². The van der Waals surface area contributed by atoms with Gasteiger partial charge in [-0.1, -0.05) is 0 Å². The summed E-state index contributed by atoms with van der Waals surface area (Å²) in [5, 5.41) is 0. The van der Waals surface area contributed by atoms with Crippen molar-refractivity contribution in [2.75, 3.05) is 13.7 Å². The summed E-state index contributed by atoms with van der Waals surface area (Å²) in [4.78, 5) is 12.2. The van der Waals surface area contributed by atoms with Gasteiger partial charge >= 0.3 is 0 Å². The first-order valence-corrected chi connectivity index (χ1v) is 7.92. The van der Waals surface area contributed by atoms with Crippen molar-refractivity contribution >= 4 is 21.7 Å². The van der Waals surface area contributed by atoms with E-state index in [2.05, 4.69) is 15.9 Å². The highest BCUT2D eigenvalue weighted by Crippen LogP contribution is 2.26. The molecule has 1 aromatic rings. The van der Waals surface area contributed by atoms with E-state index in [9.17, 15) is 4.79 Å². The third-order valence-electron chi connectivity index (χ3n) is 3.58. The van der Waals surface area contributed by atoms with Crippen LogP contribution in [0.4, 0.5) is 0 Å². The second kappa shape index (κ2) is 7.38. The molecule has 2 atom stereocenters. The third kappa shape index (κ3) is 4.53. The summed E-state index contributed by atoms with van der Waals surface area (Å²) < 4.78 is 17.3. The lowest BCUT2D eigenvalue weighted by atomic mass is 10.0. The van der Waals surface area contributed by atoms with Crippen molar-refractivity contribution in [3.05, 3.63) is 28.2 Å². The molecule has 4 nitrogen and oxygen atoms in total. The molecular formula is C16H21BrO4. The number of methoxy groups -OCH3 is 1. The summed E-state index contributed by atoms with van der Waals surface area (Å²) in [6.07, 6.45) is 2.13. The molecule has 0 amide bonds. The smallest absolute Gasteiger partial charge is 0.188 e. The van der Waals surface area contributed by atoms with E-state index >= 15 is 0 Å². The highest BCUT2D eigenvalue weighted by molar-refractivity contribution is 9.10. The maximum atomic E-state index is 12.2. The Kier molecular flexibility index (Phi) is 5.79. The average Bonchev–Trinajstić information content (AvgIpc) is 2.43. The van der Waals surface area contributed by atoms with E-state index in [1.54, 1.807) is 25.3 Å². The van der Waals surface area contributed by atoms with Gasteiger partial charge in [0.2, 0.25) is 0 Å². The SMILES string of the molecule is COc1ccc(C(=O)COC2CC(C)OC(C)C2)cc1Br. The number of carbonyl (C=O) groups excluding carboxylic acids is 1. The van der Waals surface area contributed by atoms with E-state index < -0.39 is 0 Å². The number of ketones is 1. The van der Waals surface area contributed by atoms with Crippen molar-refractivity contribution in [2.24, 2.45) is 0 Å². The Hall–Kier alpha value is -0.910. The third-order valence-corrected chi connectivity index (χ3v) is 4.20. The molecule has 116 valence electrons. The number of halogens is 1. The van der Waals surface area contributed by atoms with Crippen LogP contribution in [0.3, 0.4) is 0 Å². The summed E-state index contributed by atoms with van der Waals surface area (Å²) in [5.41, 5.74) is 0.621. The molecule has 1 aliphatic rings. The average molecular weight is 357 g/mol. The normalized spacial score (nSPS) is 25.6. The number of hydrogen-bond donors (Lipinski definition) is 0. The lowest BCUT2D eigenvalue weighted by Crippen LogP contribution is -2.35. The highest BCUT2D eigenvalue weighted by atomic mass is 79.9. The zero-order chi connectivity index (χ0) is 15.4. The zero-order valence-corrected chi connectivity index (χ0v) is 14.2. The van der Waals surface area contributed by atoms with Gasteiger partial charge in [0, 0.05) is 5.56 Å². The Morgan fingerprint density at radius 3 is 2.57 bits per heavy atom. The molecule has 0 saturated carbocycles. The van der Waals surface area contributed by atoms with Crippen LogP contribution in [-0.4, -0.2) is 37.8 Å². The topological polar surface area (TPSA) is 44.8 Å². The molecule has 2 unspecified atom stereocenters. The quantitative estimate of drug-likeness (QED) is 0.756. The zero-order valence-electron chi connectivity index (χ0n) is 12.6. The van der Waals surface area contributed by atoms with Crippen molar-refractivity contribution < 1.29 is 19.0 Å². The Morgan fingerprint density at radius 1 is 1.33 bits per heavy atom. The van der Waals surface area contributed by atoms with Gasteiger partial charge in [0.25, 0.3) is 0 Å². The minimum atomic E-state index is -0.0230. The van der Waals surface area contributed by atoms with Crippen molar-refractivity contribution in [3.8, 4) is 5.75 Å². The van der Waals surface area contributed by atoms with Crippen molar-refractivity contribution in [3.63, 3.8) is 0 Å². The Morgan fingerprint density at radius 2 is 2.00 bits per heavy atom. The lowest BCUT2D eigenvalue weighted by molar-refractivity contribution is -0.0975. The van der Waals surface area contributed by atoms with E-state index in [0.717, 1.165) is 17.3 Å². The molecule has 0 spiro atoms. The van der Waals surface area contributed by atoms with Crippen LogP contribution in [0, 0.1) is 0 Å². The van der Waals surface area contributed by atoms with Gasteiger partial charge in [-0.15, -0.1) is 0 Å². The van der Waals surface area contributed by atoms with E-state index in [-0.39, 0.29) is 30.7 Å². The Balaban J connectivity index is 1.91. The fourth-order valence-corrected chi connectivity index (χ4v) is 3.14. The molecular weight excluding hydrogens is 336 g/mol.